The van der Waals surface area contributed by atoms with Crippen LogP contribution < -0.4 is 10.6 Å². The summed E-state index contributed by atoms with van der Waals surface area (Å²) in [5.41, 5.74) is -0.399. The lowest BCUT2D eigenvalue weighted by atomic mass is 10.1. The number of alkyl carbamates (subject to hydrolysis) is 1. The molecule has 8 heteroatoms. The van der Waals surface area contributed by atoms with Gasteiger partial charge in [-0.2, -0.15) is 0 Å². The Morgan fingerprint density at radius 1 is 1.25 bits per heavy atom. The van der Waals surface area contributed by atoms with E-state index in [1.807, 2.05) is 25.7 Å². The van der Waals surface area contributed by atoms with Crippen LogP contribution in [0.15, 0.2) is 23.2 Å². The number of hydrogen-bond acceptors (Lipinski definition) is 3. The fourth-order valence-corrected chi connectivity index (χ4v) is 3.55. The van der Waals surface area contributed by atoms with Crippen LogP contribution in [0, 0.1) is 11.6 Å². The van der Waals surface area contributed by atoms with Crippen LogP contribution in [-0.4, -0.2) is 54.8 Å². The Labute approximate surface area is 164 Å². The highest BCUT2D eigenvalue weighted by molar-refractivity contribution is 5.81. The summed E-state index contributed by atoms with van der Waals surface area (Å²) in [7, 11) is 1.68. The van der Waals surface area contributed by atoms with Gasteiger partial charge in [0.05, 0.1) is 6.04 Å². The van der Waals surface area contributed by atoms with E-state index in [-0.39, 0.29) is 23.6 Å². The summed E-state index contributed by atoms with van der Waals surface area (Å²) in [4.78, 5) is 18.3. The van der Waals surface area contributed by atoms with Gasteiger partial charge in [-0.05, 0) is 45.7 Å². The maximum absolute atomic E-state index is 14.0. The second kappa shape index (κ2) is 7.93. The summed E-state index contributed by atoms with van der Waals surface area (Å²) in [6, 6.07) is 3.86. The van der Waals surface area contributed by atoms with Crippen LogP contribution in [0.25, 0.3) is 0 Å². The Kier molecular flexibility index (Phi) is 5.76. The van der Waals surface area contributed by atoms with Crippen molar-refractivity contribution in [3.05, 3.63) is 35.4 Å². The van der Waals surface area contributed by atoms with Gasteiger partial charge in [-0.15, -0.1) is 0 Å². The van der Waals surface area contributed by atoms with Crippen LogP contribution in [-0.2, 0) is 4.74 Å². The molecule has 1 saturated carbocycles. The van der Waals surface area contributed by atoms with Gasteiger partial charge < -0.3 is 20.3 Å². The van der Waals surface area contributed by atoms with Gasteiger partial charge in [-0.1, -0.05) is 6.07 Å². The SMILES string of the molecule is CN=C(NC1CC1c1c(F)cccc1F)N1CCC(NC(=O)OC(C)(C)C)C1. The number of nitrogens with one attached hydrogen (secondary N) is 2. The number of carbonyl (C=O) groups is 1. The van der Waals surface area contributed by atoms with Crippen molar-refractivity contribution in [1.29, 1.82) is 0 Å². The van der Waals surface area contributed by atoms with E-state index in [0.29, 0.717) is 18.9 Å². The van der Waals surface area contributed by atoms with Crippen LogP contribution in [0.4, 0.5) is 13.6 Å². The average Bonchev–Trinajstić information content (AvgIpc) is 3.17. The highest BCUT2D eigenvalue weighted by Gasteiger charge is 2.43. The minimum absolute atomic E-state index is 0.0348. The van der Waals surface area contributed by atoms with E-state index in [9.17, 15) is 13.6 Å². The molecule has 1 amide bonds. The van der Waals surface area contributed by atoms with Gasteiger partial charge >= 0.3 is 6.09 Å². The number of benzene rings is 1. The van der Waals surface area contributed by atoms with E-state index in [4.69, 9.17) is 4.74 Å². The summed E-state index contributed by atoms with van der Waals surface area (Å²) in [6.45, 7) is 6.80. The monoisotopic (exact) mass is 394 g/mol. The fourth-order valence-electron chi connectivity index (χ4n) is 3.55. The normalized spacial score (nSPS) is 24.9. The van der Waals surface area contributed by atoms with Crippen molar-refractivity contribution in [2.24, 2.45) is 4.99 Å². The van der Waals surface area contributed by atoms with Crippen LogP contribution >= 0.6 is 0 Å². The molecule has 6 nitrogen and oxygen atoms in total. The molecule has 1 heterocycles. The van der Waals surface area contributed by atoms with E-state index in [0.717, 1.165) is 13.0 Å². The van der Waals surface area contributed by atoms with Gasteiger partial charge in [0.25, 0.3) is 0 Å². The summed E-state index contributed by atoms with van der Waals surface area (Å²) in [5, 5.41) is 6.17. The summed E-state index contributed by atoms with van der Waals surface area (Å²) >= 11 is 0. The Hall–Kier alpha value is -2.38. The summed E-state index contributed by atoms with van der Waals surface area (Å²) in [6.07, 6.45) is 1.000. The lowest BCUT2D eigenvalue weighted by Crippen LogP contribution is -2.45. The molecule has 0 aromatic heterocycles. The van der Waals surface area contributed by atoms with Gasteiger partial charge in [-0.25, -0.2) is 13.6 Å². The maximum Gasteiger partial charge on any atom is 0.407 e. The van der Waals surface area contributed by atoms with Crippen molar-refractivity contribution in [1.82, 2.24) is 15.5 Å². The molecule has 0 radical (unpaired) electrons. The third kappa shape index (κ3) is 4.91. The molecule has 3 rings (SSSR count). The largest absolute Gasteiger partial charge is 0.444 e. The molecule has 1 saturated heterocycles. The number of guanidine groups is 1. The average molecular weight is 394 g/mol. The minimum atomic E-state index is -0.539. The van der Waals surface area contributed by atoms with Gasteiger partial charge in [-0.3, -0.25) is 4.99 Å². The fraction of sp³-hybridized carbons (Fsp3) is 0.600. The molecule has 1 aliphatic heterocycles. The molecule has 1 aliphatic carbocycles. The first-order chi connectivity index (χ1) is 13.2. The van der Waals surface area contributed by atoms with Gasteiger partial charge in [0, 0.05) is 37.7 Å². The molecule has 2 aliphatic rings. The summed E-state index contributed by atoms with van der Waals surface area (Å²) in [5.74, 6) is -0.534. The molecule has 28 heavy (non-hydrogen) atoms. The Balaban J connectivity index is 1.53. The van der Waals surface area contributed by atoms with Crippen LogP contribution in [0.1, 0.15) is 45.1 Å². The molecule has 154 valence electrons. The number of nitrogens with zero attached hydrogens (tertiary/aromatic N) is 2. The first-order valence-electron chi connectivity index (χ1n) is 9.59. The molecule has 0 spiro atoms. The highest BCUT2D eigenvalue weighted by atomic mass is 19.1. The molecule has 2 fully saturated rings. The Morgan fingerprint density at radius 2 is 1.93 bits per heavy atom. The van der Waals surface area contributed by atoms with E-state index in [1.54, 1.807) is 7.05 Å². The van der Waals surface area contributed by atoms with Crippen molar-refractivity contribution in [3.8, 4) is 0 Å². The number of carbonyl (C=O) groups excluding carboxylic acids is 1. The van der Waals surface area contributed by atoms with Crippen LogP contribution in [0.3, 0.4) is 0 Å². The van der Waals surface area contributed by atoms with Gasteiger partial charge in [0.15, 0.2) is 5.96 Å². The predicted octanol–water partition coefficient (Wildman–Crippen LogP) is 3.00. The number of amides is 1. The van der Waals surface area contributed by atoms with Gasteiger partial charge in [0.1, 0.15) is 17.2 Å². The molecule has 1 aromatic rings. The second-order valence-electron chi connectivity index (χ2n) is 8.35. The van der Waals surface area contributed by atoms with Crippen LogP contribution in [0.2, 0.25) is 0 Å². The molecule has 3 unspecified atom stereocenters. The number of aliphatic imine (C=N–C) groups is 1. The minimum Gasteiger partial charge on any atom is -0.444 e. The number of halogens is 2. The number of rotatable bonds is 3. The number of hydrogen-bond donors (Lipinski definition) is 2. The molecule has 2 N–H and O–H groups in total. The van der Waals surface area contributed by atoms with Gasteiger partial charge in [0.2, 0.25) is 0 Å². The third-order valence-corrected chi connectivity index (χ3v) is 4.90. The lowest BCUT2D eigenvalue weighted by Gasteiger charge is -2.23. The van der Waals surface area contributed by atoms with Crippen molar-refractivity contribution in [3.63, 3.8) is 0 Å². The first kappa shape index (κ1) is 20.4. The molecule has 0 bridgehead atoms. The van der Waals surface area contributed by atoms with Crippen LogP contribution in [0.5, 0.6) is 0 Å². The third-order valence-electron chi connectivity index (χ3n) is 4.90. The zero-order valence-electron chi connectivity index (χ0n) is 16.8. The Morgan fingerprint density at radius 3 is 2.54 bits per heavy atom. The van der Waals surface area contributed by atoms with E-state index >= 15 is 0 Å². The lowest BCUT2D eigenvalue weighted by molar-refractivity contribution is 0.0507. The quantitative estimate of drug-likeness (QED) is 0.611. The first-order valence-corrected chi connectivity index (χ1v) is 9.59. The van der Waals surface area contributed by atoms with E-state index in [1.165, 1.54) is 18.2 Å². The molecular weight excluding hydrogens is 366 g/mol. The summed E-state index contributed by atoms with van der Waals surface area (Å²) < 4.78 is 33.2. The zero-order chi connectivity index (χ0) is 20.5. The smallest absolute Gasteiger partial charge is 0.407 e. The highest BCUT2D eigenvalue weighted by Crippen LogP contribution is 2.43. The maximum atomic E-state index is 14.0. The zero-order valence-corrected chi connectivity index (χ0v) is 16.8. The Bertz CT molecular complexity index is 743. The van der Waals surface area contributed by atoms with Crippen molar-refractivity contribution in [2.75, 3.05) is 20.1 Å². The van der Waals surface area contributed by atoms with Crippen molar-refractivity contribution < 1.29 is 18.3 Å². The topological polar surface area (TPSA) is 66.0 Å². The number of ether oxygens (including phenoxy) is 1. The number of likely N-dealkylation sites (tertiary alicyclic amines) is 1. The van der Waals surface area contributed by atoms with E-state index < -0.39 is 23.3 Å². The van der Waals surface area contributed by atoms with Crippen molar-refractivity contribution in [2.45, 2.75) is 57.2 Å². The molecule has 3 atom stereocenters. The molecule has 1 aromatic carbocycles. The standard InChI is InChI=1S/C20H28F2N4O2/c1-20(2,3)28-19(27)24-12-8-9-26(11-12)18(23-4)25-16-10-13(16)17-14(21)6-5-7-15(17)22/h5-7,12-13,16H,8-11H2,1-4H3,(H,23,25)(H,24,27). The second-order valence-corrected chi connectivity index (χ2v) is 8.35. The molecular formula is C20H28F2N4O2. The predicted molar refractivity (Wildman–Crippen MR) is 103 cm³/mol. The van der Waals surface area contributed by atoms with E-state index in [2.05, 4.69) is 15.6 Å². The van der Waals surface area contributed by atoms with Crippen molar-refractivity contribution >= 4 is 12.1 Å².